The topological polar surface area (TPSA) is 98.5 Å². The van der Waals surface area contributed by atoms with Gasteiger partial charge >= 0.3 is 5.97 Å². The zero-order chi connectivity index (χ0) is 17.6. The van der Waals surface area contributed by atoms with Crippen LogP contribution in [0.2, 0.25) is 0 Å². The Hall–Kier alpha value is -2.51. The minimum atomic E-state index is -1.20. The van der Waals surface area contributed by atoms with Crippen LogP contribution < -0.4 is 11.1 Å². The molecule has 0 spiro atoms. The molecule has 0 heterocycles. The molecule has 2 amide bonds. The highest BCUT2D eigenvalue weighted by Gasteiger charge is 2.28. The zero-order valence-corrected chi connectivity index (χ0v) is 12.8. The van der Waals surface area contributed by atoms with Gasteiger partial charge in [-0.15, -0.1) is 0 Å². The molecule has 6 nitrogen and oxygen atoms in total. The van der Waals surface area contributed by atoms with Crippen molar-refractivity contribution < 1.29 is 27.9 Å². The molecule has 0 aromatic heterocycles. The number of carbonyl (C=O) groups excluding carboxylic acids is 3. The Morgan fingerprint density at radius 2 is 1.96 bits per heavy atom. The Morgan fingerprint density at radius 3 is 2.48 bits per heavy atom. The molecule has 1 aromatic carbocycles. The highest BCUT2D eigenvalue weighted by Crippen LogP contribution is 2.13. The number of hydrogen-bond acceptors (Lipinski definition) is 4. The number of primary amides is 1. The molecule has 1 rings (SSSR count). The molecule has 2 atom stereocenters. The third kappa shape index (κ3) is 5.32. The van der Waals surface area contributed by atoms with E-state index in [0.717, 1.165) is 12.1 Å². The van der Waals surface area contributed by atoms with Crippen LogP contribution in [-0.4, -0.2) is 30.4 Å². The van der Waals surface area contributed by atoms with Gasteiger partial charge in [-0.2, -0.15) is 0 Å². The molecule has 0 aliphatic rings. The van der Waals surface area contributed by atoms with Crippen molar-refractivity contribution in [2.24, 2.45) is 11.7 Å². The van der Waals surface area contributed by atoms with Crippen molar-refractivity contribution in [2.45, 2.75) is 26.3 Å². The van der Waals surface area contributed by atoms with Crippen LogP contribution in [-0.2, 0) is 14.3 Å². The Labute approximate surface area is 132 Å². The maximum absolute atomic E-state index is 13.6. The van der Waals surface area contributed by atoms with Gasteiger partial charge < -0.3 is 15.8 Å². The van der Waals surface area contributed by atoms with Gasteiger partial charge in [0, 0.05) is 6.07 Å². The summed E-state index contributed by atoms with van der Waals surface area (Å²) in [5, 5.41) is 2.26. The minimum absolute atomic E-state index is 0.145. The second kappa shape index (κ2) is 8.21. The number of amides is 2. The van der Waals surface area contributed by atoms with E-state index in [4.69, 9.17) is 10.5 Å². The van der Waals surface area contributed by atoms with Crippen molar-refractivity contribution in [1.82, 2.24) is 5.32 Å². The average Bonchev–Trinajstić information content (AvgIpc) is 2.44. The van der Waals surface area contributed by atoms with E-state index in [9.17, 15) is 23.2 Å². The molecular formula is C15H18F2N2O4. The molecule has 8 heteroatoms. The van der Waals surface area contributed by atoms with Crippen LogP contribution in [0.5, 0.6) is 0 Å². The first-order valence-electron chi connectivity index (χ1n) is 6.97. The maximum Gasteiger partial charge on any atom is 0.306 e. The summed E-state index contributed by atoms with van der Waals surface area (Å²) in [7, 11) is 0. The van der Waals surface area contributed by atoms with Crippen LogP contribution in [0.4, 0.5) is 8.78 Å². The molecule has 0 unspecified atom stereocenters. The number of nitrogens with two attached hydrogens (primary N) is 1. The van der Waals surface area contributed by atoms with E-state index < -0.39 is 46.9 Å². The van der Waals surface area contributed by atoms with Crippen LogP contribution in [0, 0.1) is 17.6 Å². The second-order valence-electron chi connectivity index (χ2n) is 4.96. The first-order chi connectivity index (χ1) is 10.8. The van der Waals surface area contributed by atoms with E-state index in [-0.39, 0.29) is 13.0 Å². The zero-order valence-electron chi connectivity index (χ0n) is 12.8. The fourth-order valence-corrected chi connectivity index (χ4v) is 1.99. The van der Waals surface area contributed by atoms with Gasteiger partial charge in [-0.25, -0.2) is 8.78 Å². The van der Waals surface area contributed by atoms with Crippen LogP contribution >= 0.6 is 0 Å². The van der Waals surface area contributed by atoms with Gasteiger partial charge in [-0.1, -0.05) is 6.92 Å². The van der Waals surface area contributed by atoms with Crippen molar-refractivity contribution in [2.75, 3.05) is 6.61 Å². The lowest BCUT2D eigenvalue weighted by molar-refractivity contribution is -0.144. The standard InChI is InChI=1S/C15H18F2N2O4/c1-3-23-12(20)6-8(2)13(14(18)21)19-15(22)10-5-4-9(16)7-11(10)17/h4-5,7-8,13H,3,6H2,1-2H3,(H2,18,21)(H,19,22)/t8-,13-/m1/s1. The molecule has 0 aliphatic heterocycles. The summed E-state index contributed by atoms with van der Waals surface area (Å²) in [6.07, 6.45) is -0.145. The second-order valence-corrected chi connectivity index (χ2v) is 4.96. The summed E-state index contributed by atoms with van der Waals surface area (Å²) in [5.41, 5.74) is 4.79. The van der Waals surface area contributed by atoms with Gasteiger partial charge in [0.1, 0.15) is 17.7 Å². The number of rotatable bonds is 7. The third-order valence-electron chi connectivity index (χ3n) is 3.13. The smallest absolute Gasteiger partial charge is 0.306 e. The van der Waals surface area contributed by atoms with E-state index >= 15 is 0 Å². The van der Waals surface area contributed by atoms with Crippen molar-refractivity contribution in [1.29, 1.82) is 0 Å². The molecule has 0 bridgehead atoms. The summed E-state index contributed by atoms with van der Waals surface area (Å²) >= 11 is 0. The fraction of sp³-hybridized carbons (Fsp3) is 0.400. The van der Waals surface area contributed by atoms with Crippen molar-refractivity contribution in [3.63, 3.8) is 0 Å². The minimum Gasteiger partial charge on any atom is -0.466 e. The van der Waals surface area contributed by atoms with E-state index in [2.05, 4.69) is 5.32 Å². The number of nitrogens with one attached hydrogen (secondary N) is 1. The maximum atomic E-state index is 13.6. The lowest BCUT2D eigenvalue weighted by Crippen LogP contribution is -2.49. The summed E-state index contributed by atoms with van der Waals surface area (Å²) in [6, 6.07) is 1.22. The van der Waals surface area contributed by atoms with Crippen LogP contribution in [0.15, 0.2) is 18.2 Å². The van der Waals surface area contributed by atoms with Gasteiger partial charge in [-0.3, -0.25) is 14.4 Å². The highest BCUT2D eigenvalue weighted by molar-refractivity contribution is 5.97. The number of benzene rings is 1. The van der Waals surface area contributed by atoms with Crippen LogP contribution in [0.3, 0.4) is 0 Å². The first kappa shape index (κ1) is 18.5. The van der Waals surface area contributed by atoms with Crippen LogP contribution in [0.1, 0.15) is 30.6 Å². The summed E-state index contributed by atoms with van der Waals surface area (Å²) in [6.45, 7) is 3.33. The predicted molar refractivity (Wildman–Crippen MR) is 77.2 cm³/mol. The number of halogens is 2. The quantitative estimate of drug-likeness (QED) is 0.733. The largest absolute Gasteiger partial charge is 0.466 e. The van der Waals surface area contributed by atoms with Crippen molar-refractivity contribution >= 4 is 17.8 Å². The normalized spacial score (nSPS) is 13.0. The molecule has 23 heavy (non-hydrogen) atoms. The first-order valence-corrected chi connectivity index (χ1v) is 6.97. The lowest BCUT2D eigenvalue weighted by Gasteiger charge is -2.21. The number of esters is 1. The molecular weight excluding hydrogens is 310 g/mol. The van der Waals surface area contributed by atoms with Crippen LogP contribution in [0.25, 0.3) is 0 Å². The molecule has 3 N–H and O–H groups in total. The van der Waals surface area contributed by atoms with Gasteiger partial charge in [0.15, 0.2) is 0 Å². The van der Waals surface area contributed by atoms with E-state index in [1.807, 2.05) is 0 Å². The molecule has 1 aromatic rings. The number of ether oxygens (including phenoxy) is 1. The Balaban J connectivity index is 2.84. The Morgan fingerprint density at radius 1 is 1.30 bits per heavy atom. The monoisotopic (exact) mass is 328 g/mol. The third-order valence-corrected chi connectivity index (χ3v) is 3.13. The van der Waals surface area contributed by atoms with Gasteiger partial charge in [0.05, 0.1) is 18.6 Å². The van der Waals surface area contributed by atoms with Gasteiger partial charge in [-0.05, 0) is 25.0 Å². The molecule has 0 fully saturated rings. The van der Waals surface area contributed by atoms with Gasteiger partial charge in [0.2, 0.25) is 5.91 Å². The summed E-state index contributed by atoms with van der Waals surface area (Å²) in [5.74, 6) is -4.91. The molecule has 0 aliphatic carbocycles. The fourth-order valence-electron chi connectivity index (χ4n) is 1.99. The Kier molecular flexibility index (Phi) is 6.62. The highest BCUT2D eigenvalue weighted by atomic mass is 19.1. The molecule has 0 radical (unpaired) electrons. The number of hydrogen-bond donors (Lipinski definition) is 2. The molecule has 0 saturated carbocycles. The molecule has 0 saturated heterocycles. The lowest BCUT2D eigenvalue weighted by atomic mass is 9.97. The Bertz CT molecular complexity index is 607. The van der Waals surface area contributed by atoms with E-state index in [0.29, 0.717) is 6.07 Å². The predicted octanol–water partition coefficient (Wildman–Crippen LogP) is 1.14. The SMILES string of the molecule is CCOC(=O)C[C@@H](C)[C@@H](NC(=O)c1ccc(F)cc1F)C(N)=O. The van der Waals surface area contributed by atoms with E-state index in [1.165, 1.54) is 6.92 Å². The van der Waals surface area contributed by atoms with Crippen molar-refractivity contribution in [3.05, 3.63) is 35.4 Å². The summed E-state index contributed by atoms with van der Waals surface area (Å²) < 4.78 is 31.2. The number of carbonyl (C=O) groups is 3. The summed E-state index contributed by atoms with van der Waals surface area (Å²) in [4.78, 5) is 34.9. The van der Waals surface area contributed by atoms with E-state index in [1.54, 1.807) is 6.92 Å². The van der Waals surface area contributed by atoms with Gasteiger partial charge in [0.25, 0.3) is 5.91 Å². The van der Waals surface area contributed by atoms with Crippen molar-refractivity contribution in [3.8, 4) is 0 Å². The average molecular weight is 328 g/mol. The molecule has 126 valence electrons.